The van der Waals surface area contributed by atoms with Crippen LogP contribution < -0.4 is 19.7 Å². The van der Waals surface area contributed by atoms with Crippen LogP contribution in [0.3, 0.4) is 0 Å². The van der Waals surface area contributed by atoms with Gasteiger partial charge in [0.25, 0.3) is 5.91 Å². The fourth-order valence-electron chi connectivity index (χ4n) is 3.48. The molecule has 0 bridgehead atoms. The second-order valence-corrected chi connectivity index (χ2v) is 7.35. The maximum Gasteiger partial charge on any atom is 0.311 e. The highest BCUT2D eigenvalue weighted by Gasteiger charge is 2.37. The summed E-state index contributed by atoms with van der Waals surface area (Å²) in [4.78, 5) is 38.8. The second-order valence-electron chi connectivity index (χ2n) is 7.35. The predicted octanol–water partition coefficient (Wildman–Crippen LogP) is 2.86. The molecule has 0 spiro atoms. The second kappa shape index (κ2) is 9.51. The number of anilines is 2. The average molecular weight is 426 g/mol. The van der Waals surface area contributed by atoms with Crippen LogP contribution in [0.15, 0.2) is 36.4 Å². The van der Waals surface area contributed by atoms with Gasteiger partial charge in [0.15, 0.2) is 6.61 Å². The first-order valence-electron chi connectivity index (χ1n) is 9.89. The molecule has 0 saturated carbocycles. The van der Waals surface area contributed by atoms with Gasteiger partial charge >= 0.3 is 5.97 Å². The van der Waals surface area contributed by atoms with Gasteiger partial charge in [0.1, 0.15) is 11.5 Å². The van der Waals surface area contributed by atoms with Crippen molar-refractivity contribution in [3.8, 4) is 11.5 Å². The van der Waals surface area contributed by atoms with E-state index in [1.165, 1.54) is 14.2 Å². The fourth-order valence-corrected chi connectivity index (χ4v) is 3.48. The summed E-state index contributed by atoms with van der Waals surface area (Å²) in [5, 5.41) is 2.64. The van der Waals surface area contributed by atoms with Crippen LogP contribution in [0.1, 0.15) is 17.5 Å². The number of carbonyl (C=O) groups is 3. The summed E-state index contributed by atoms with van der Waals surface area (Å²) < 4.78 is 15.5. The number of ether oxygens (including phenoxy) is 3. The van der Waals surface area contributed by atoms with E-state index in [1.54, 1.807) is 23.1 Å². The molecule has 1 N–H and O–H groups in total. The number of carbonyl (C=O) groups excluding carboxylic acids is 3. The van der Waals surface area contributed by atoms with Gasteiger partial charge in [-0.3, -0.25) is 14.4 Å². The summed E-state index contributed by atoms with van der Waals surface area (Å²) in [5.41, 5.74) is 3.26. The lowest BCUT2D eigenvalue weighted by molar-refractivity contribution is -0.151. The maximum atomic E-state index is 12.5. The van der Waals surface area contributed by atoms with Crippen molar-refractivity contribution in [1.29, 1.82) is 0 Å². The first-order valence-corrected chi connectivity index (χ1v) is 9.89. The molecule has 1 fully saturated rings. The highest BCUT2D eigenvalue weighted by Crippen LogP contribution is 2.30. The van der Waals surface area contributed by atoms with Gasteiger partial charge in [0.2, 0.25) is 5.91 Å². The van der Waals surface area contributed by atoms with Gasteiger partial charge in [-0.2, -0.15) is 0 Å². The van der Waals surface area contributed by atoms with E-state index in [0.29, 0.717) is 17.2 Å². The van der Waals surface area contributed by atoms with E-state index in [9.17, 15) is 14.4 Å². The molecule has 164 valence electrons. The lowest BCUT2D eigenvalue weighted by atomic mass is 10.1. The highest BCUT2D eigenvalue weighted by atomic mass is 16.5. The lowest BCUT2D eigenvalue weighted by Crippen LogP contribution is -2.28. The number of nitrogens with zero attached hydrogens (tertiary/aromatic N) is 1. The molecule has 31 heavy (non-hydrogen) atoms. The van der Waals surface area contributed by atoms with Crippen LogP contribution in [0.2, 0.25) is 0 Å². The number of methoxy groups -OCH3 is 2. The number of hydrogen-bond donors (Lipinski definition) is 1. The Hall–Kier alpha value is -3.55. The standard InChI is InChI=1S/C23H26N2O6/c1-14-6-5-7-19(15(14)2)25-12-16(10-22(25)27)23(28)31-13-21(26)24-18-11-17(29-3)8-9-20(18)30-4/h5-9,11,16H,10,12-13H2,1-4H3,(H,24,26). The highest BCUT2D eigenvalue weighted by molar-refractivity contribution is 6.00. The zero-order chi connectivity index (χ0) is 22.5. The summed E-state index contributed by atoms with van der Waals surface area (Å²) in [7, 11) is 3.00. The summed E-state index contributed by atoms with van der Waals surface area (Å²) in [5.74, 6) is -0.854. The third-order valence-electron chi connectivity index (χ3n) is 5.35. The number of aryl methyl sites for hydroxylation is 1. The van der Waals surface area contributed by atoms with Crippen LogP contribution in [0.25, 0.3) is 0 Å². The Labute approximate surface area is 181 Å². The molecule has 1 aliphatic rings. The molecule has 8 nitrogen and oxygen atoms in total. The molecule has 1 heterocycles. The smallest absolute Gasteiger partial charge is 0.311 e. The first-order chi connectivity index (χ1) is 14.8. The fraction of sp³-hybridized carbons (Fsp3) is 0.348. The van der Waals surface area contributed by atoms with Crippen LogP contribution in [0, 0.1) is 19.8 Å². The molecule has 8 heteroatoms. The van der Waals surface area contributed by atoms with E-state index < -0.39 is 24.4 Å². The number of benzene rings is 2. The molecule has 3 rings (SSSR count). The molecule has 1 aliphatic heterocycles. The molecule has 0 aromatic heterocycles. The Bertz CT molecular complexity index is 1000. The summed E-state index contributed by atoms with van der Waals surface area (Å²) >= 11 is 0. The third-order valence-corrected chi connectivity index (χ3v) is 5.35. The number of hydrogen-bond acceptors (Lipinski definition) is 6. The lowest BCUT2D eigenvalue weighted by Gasteiger charge is -2.20. The van der Waals surface area contributed by atoms with Gasteiger partial charge in [-0.05, 0) is 43.2 Å². The quantitative estimate of drug-likeness (QED) is 0.685. The zero-order valence-corrected chi connectivity index (χ0v) is 18.1. The number of nitrogens with one attached hydrogen (secondary N) is 1. The Morgan fingerprint density at radius 3 is 2.61 bits per heavy atom. The zero-order valence-electron chi connectivity index (χ0n) is 18.1. The normalized spacial score (nSPS) is 15.5. The molecular formula is C23H26N2O6. The van der Waals surface area contributed by atoms with Crippen LogP contribution in [-0.2, 0) is 19.1 Å². The average Bonchev–Trinajstić information content (AvgIpc) is 3.15. The molecule has 1 saturated heterocycles. The van der Waals surface area contributed by atoms with E-state index in [-0.39, 0.29) is 18.9 Å². The topological polar surface area (TPSA) is 94.2 Å². The Morgan fingerprint density at radius 1 is 1.13 bits per heavy atom. The Balaban J connectivity index is 1.58. The minimum atomic E-state index is -0.619. The van der Waals surface area contributed by atoms with Gasteiger partial charge in [-0.25, -0.2) is 0 Å². The largest absolute Gasteiger partial charge is 0.497 e. The Kier molecular flexibility index (Phi) is 6.79. The van der Waals surface area contributed by atoms with Crippen molar-refractivity contribution < 1.29 is 28.6 Å². The molecule has 2 aromatic rings. The van der Waals surface area contributed by atoms with Crippen molar-refractivity contribution in [2.45, 2.75) is 20.3 Å². The minimum Gasteiger partial charge on any atom is -0.497 e. The molecule has 0 aliphatic carbocycles. The molecule has 2 aromatic carbocycles. The van der Waals surface area contributed by atoms with Crippen LogP contribution in [0.4, 0.5) is 11.4 Å². The molecular weight excluding hydrogens is 400 g/mol. The Morgan fingerprint density at radius 2 is 1.90 bits per heavy atom. The van der Waals surface area contributed by atoms with Gasteiger partial charge in [0.05, 0.1) is 25.8 Å². The van der Waals surface area contributed by atoms with Gasteiger partial charge in [-0.1, -0.05) is 12.1 Å². The van der Waals surface area contributed by atoms with E-state index in [1.807, 2.05) is 32.0 Å². The molecule has 1 unspecified atom stereocenters. The first kappa shape index (κ1) is 22.1. The van der Waals surface area contributed by atoms with E-state index in [0.717, 1.165) is 16.8 Å². The minimum absolute atomic E-state index is 0.0531. The molecule has 2 amide bonds. The van der Waals surface area contributed by atoms with Gasteiger partial charge in [-0.15, -0.1) is 0 Å². The van der Waals surface area contributed by atoms with Crippen molar-refractivity contribution in [3.63, 3.8) is 0 Å². The van der Waals surface area contributed by atoms with Crippen molar-refractivity contribution in [1.82, 2.24) is 0 Å². The van der Waals surface area contributed by atoms with Gasteiger partial charge < -0.3 is 24.4 Å². The van der Waals surface area contributed by atoms with Crippen molar-refractivity contribution in [3.05, 3.63) is 47.5 Å². The SMILES string of the molecule is COc1ccc(OC)c(NC(=O)COC(=O)C2CC(=O)N(c3cccc(C)c3C)C2)c1. The number of amides is 2. The van der Waals surface area contributed by atoms with Crippen molar-refractivity contribution in [2.75, 3.05) is 37.6 Å². The summed E-state index contributed by atoms with van der Waals surface area (Å²) in [6, 6.07) is 10.7. The van der Waals surface area contributed by atoms with Crippen LogP contribution in [-0.4, -0.2) is 45.2 Å². The van der Waals surface area contributed by atoms with Crippen molar-refractivity contribution in [2.24, 2.45) is 5.92 Å². The number of rotatable bonds is 7. The third kappa shape index (κ3) is 4.96. The van der Waals surface area contributed by atoms with Crippen LogP contribution in [0.5, 0.6) is 11.5 Å². The van der Waals surface area contributed by atoms with Crippen molar-refractivity contribution >= 4 is 29.2 Å². The summed E-state index contributed by atoms with van der Waals surface area (Å²) in [6.07, 6.45) is 0.0531. The monoisotopic (exact) mass is 426 g/mol. The maximum absolute atomic E-state index is 12.5. The molecule has 0 radical (unpaired) electrons. The number of esters is 1. The molecule has 1 atom stereocenters. The van der Waals surface area contributed by atoms with Crippen LogP contribution >= 0.6 is 0 Å². The summed E-state index contributed by atoms with van der Waals surface area (Å²) in [6.45, 7) is 3.68. The van der Waals surface area contributed by atoms with E-state index in [2.05, 4.69) is 5.32 Å². The van der Waals surface area contributed by atoms with Gasteiger partial charge in [0, 0.05) is 24.7 Å². The van der Waals surface area contributed by atoms with E-state index >= 15 is 0 Å². The van der Waals surface area contributed by atoms with E-state index in [4.69, 9.17) is 14.2 Å². The predicted molar refractivity (Wildman–Crippen MR) is 116 cm³/mol.